The van der Waals surface area contributed by atoms with Gasteiger partial charge in [0.1, 0.15) is 12.4 Å². The smallest absolute Gasteiger partial charge is 0.311 e. The number of halogens is 1. The van der Waals surface area contributed by atoms with Crippen molar-refractivity contribution >= 4 is 39.7 Å². The van der Waals surface area contributed by atoms with Crippen LogP contribution in [0.4, 0.5) is 10.8 Å². The number of nitrogens with one attached hydrogen (secondary N) is 1. The second kappa shape index (κ2) is 8.63. The van der Waals surface area contributed by atoms with Gasteiger partial charge in [-0.3, -0.25) is 20.2 Å². The van der Waals surface area contributed by atoms with Crippen molar-refractivity contribution in [2.24, 2.45) is 0 Å². The molecule has 3 rings (SSSR count). The summed E-state index contributed by atoms with van der Waals surface area (Å²) in [4.78, 5) is 22.8. The van der Waals surface area contributed by atoms with Gasteiger partial charge in [0.15, 0.2) is 10.8 Å². The van der Waals surface area contributed by atoms with Crippen LogP contribution in [0.5, 0.6) is 11.5 Å². The van der Waals surface area contributed by atoms with Gasteiger partial charge < -0.3 is 9.47 Å². The predicted octanol–water partition coefficient (Wildman–Crippen LogP) is 3.94. The monoisotopic (exact) mass is 420 g/mol. The maximum Gasteiger partial charge on any atom is 0.311 e. The standard InChI is InChI=1S/C17H13ClN4O5S/c1-26-14-7-2-10(8-13(14)22(24)25)16(23)19-17-21-20-15(28-17)9-27-12-5-3-11(18)4-6-12/h2-8H,9H2,1H3,(H,19,21,23). The van der Waals surface area contributed by atoms with Gasteiger partial charge in [0.05, 0.1) is 12.0 Å². The maximum absolute atomic E-state index is 12.3. The summed E-state index contributed by atoms with van der Waals surface area (Å²) in [6, 6.07) is 10.8. The van der Waals surface area contributed by atoms with E-state index < -0.39 is 10.8 Å². The van der Waals surface area contributed by atoms with Crippen LogP contribution in [0.15, 0.2) is 42.5 Å². The Balaban J connectivity index is 1.64. The van der Waals surface area contributed by atoms with Gasteiger partial charge in [-0.05, 0) is 36.4 Å². The molecule has 11 heteroatoms. The highest BCUT2D eigenvalue weighted by atomic mass is 35.5. The highest BCUT2D eigenvalue weighted by molar-refractivity contribution is 7.15. The van der Waals surface area contributed by atoms with Crippen LogP contribution in [0.25, 0.3) is 0 Å². The van der Waals surface area contributed by atoms with Crippen LogP contribution in [0.2, 0.25) is 5.02 Å². The normalized spacial score (nSPS) is 10.4. The highest BCUT2D eigenvalue weighted by Gasteiger charge is 2.19. The third-order valence-electron chi connectivity index (χ3n) is 3.50. The molecule has 3 aromatic rings. The van der Waals surface area contributed by atoms with Gasteiger partial charge in [0.25, 0.3) is 5.91 Å². The minimum atomic E-state index is -0.618. The number of nitro benzene ring substituents is 1. The number of benzene rings is 2. The fourth-order valence-corrected chi connectivity index (χ4v) is 2.96. The summed E-state index contributed by atoms with van der Waals surface area (Å²) in [5.74, 6) is 0.141. The number of carbonyl (C=O) groups is 1. The SMILES string of the molecule is COc1ccc(C(=O)Nc2nnc(COc3ccc(Cl)cc3)s2)cc1[N+](=O)[O-]. The van der Waals surface area contributed by atoms with Gasteiger partial charge in [-0.1, -0.05) is 22.9 Å². The van der Waals surface area contributed by atoms with E-state index >= 15 is 0 Å². The van der Waals surface area contributed by atoms with Gasteiger partial charge in [-0.25, -0.2) is 0 Å². The topological polar surface area (TPSA) is 116 Å². The largest absolute Gasteiger partial charge is 0.490 e. The fraction of sp³-hybridized carbons (Fsp3) is 0.118. The first kappa shape index (κ1) is 19.5. The van der Waals surface area contributed by atoms with Crippen LogP contribution in [0.3, 0.4) is 0 Å². The first-order chi connectivity index (χ1) is 13.5. The lowest BCUT2D eigenvalue weighted by Crippen LogP contribution is -2.12. The zero-order chi connectivity index (χ0) is 20.1. The predicted molar refractivity (Wildman–Crippen MR) is 103 cm³/mol. The number of rotatable bonds is 7. The Morgan fingerprint density at radius 3 is 2.68 bits per heavy atom. The molecular weight excluding hydrogens is 408 g/mol. The van der Waals surface area contributed by atoms with Crippen molar-refractivity contribution in [2.75, 3.05) is 12.4 Å². The van der Waals surface area contributed by atoms with Crippen molar-refractivity contribution < 1.29 is 19.2 Å². The van der Waals surface area contributed by atoms with E-state index in [9.17, 15) is 14.9 Å². The number of amides is 1. The van der Waals surface area contributed by atoms with E-state index in [1.807, 2.05) is 0 Å². The van der Waals surface area contributed by atoms with Gasteiger partial charge in [-0.2, -0.15) is 0 Å². The van der Waals surface area contributed by atoms with Crippen LogP contribution >= 0.6 is 22.9 Å². The molecule has 0 radical (unpaired) electrons. The van der Waals surface area contributed by atoms with Crippen LogP contribution in [-0.2, 0) is 6.61 Å². The van der Waals surface area contributed by atoms with E-state index in [4.69, 9.17) is 21.1 Å². The van der Waals surface area contributed by atoms with Crippen LogP contribution in [-0.4, -0.2) is 28.1 Å². The lowest BCUT2D eigenvalue weighted by atomic mass is 10.2. The Labute approximate surface area is 168 Å². The molecule has 1 amide bonds. The lowest BCUT2D eigenvalue weighted by Gasteiger charge is -2.04. The van der Waals surface area contributed by atoms with Crippen LogP contribution in [0, 0.1) is 10.1 Å². The second-order valence-electron chi connectivity index (χ2n) is 5.34. The van der Waals surface area contributed by atoms with E-state index in [-0.39, 0.29) is 28.7 Å². The third-order valence-corrected chi connectivity index (χ3v) is 4.57. The van der Waals surface area contributed by atoms with Crippen molar-refractivity contribution in [3.63, 3.8) is 0 Å². The number of anilines is 1. The molecule has 0 aliphatic rings. The van der Waals surface area contributed by atoms with E-state index in [1.54, 1.807) is 24.3 Å². The van der Waals surface area contributed by atoms with Gasteiger partial charge in [0.2, 0.25) is 5.13 Å². The molecule has 0 aliphatic carbocycles. The number of carbonyl (C=O) groups excluding carboxylic acids is 1. The summed E-state index contributed by atoms with van der Waals surface area (Å²) in [5, 5.41) is 22.9. The summed E-state index contributed by atoms with van der Waals surface area (Å²) in [7, 11) is 1.32. The Morgan fingerprint density at radius 1 is 1.25 bits per heavy atom. The van der Waals surface area contributed by atoms with Gasteiger partial charge in [0, 0.05) is 16.7 Å². The van der Waals surface area contributed by atoms with E-state index in [1.165, 1.54) is 19.2 Å². The average Bonchev–Trinajstić information content (AvgIpc) is 3.14. The Morgan fingerprint density at radius 2 is 2.00 bits per heavy atom. The molecule has 0 atom stereocenters. The lowest BCUT2D eigenvalue weighted by molar-refractivity contribution is -0.385. The van der Waals surface area contributed by atoms with Crippen LogP contribution in [0.1, 0.15) is 15.4 Å². The molecule has 0 spiro atoms. The van der Waals surface area contributed by atoms with Gasteiger partial charge in [-0.15, -0.1) is 10.2 Å². The molecule has 1 N–H and O–H groups in total. The Kier molecular flexibility index (Phi) is 6.02. The number of hydrogen-bond acceptors (Lipinski definition) is 8. The number of nitro groups is 1. The summed E-state index contributed by atoms with van der Waals surface area (Å²) < 4.78 is 10.5. The third kappa shape index (κ3) is 4.72. The fourth-order valence-electron chi connectivity index (χ4n) is 2.18. The number of hydrogen-bond donors (Lipinski definition) is 1. The molecule has 0 saturated heterocycles. The summed E-state index contributed by atoms with van der Waals surface area (Å²) >= 11 is 6.95. The van der Waals surface area contributed by atoms with Crippen molar-refractivity contribution in [1.29, 1.82) is 0 Å². The number of ether oxygens (including phenoxy) is 2. The maximum atomic E-state index is 12.3. The minimum absolute atomic E-state index is 0.0686. The molecule has 1 aromatic heterocycles. The van der Waals surface area contributed by atoms with E-state index in [2.05, 4.69) is 15.5 Å². The quantitative estimate of drug-likeness (QED) is 0.454. The molecule has 0 bridgehead atoms. The average molecular weight is 421 g/mol. The molecule has 0 unspecified atom stereocenters. The first-order valence-corrected chi connectivity index (χ1v) is 9.00. The molecule has 1 heterocycles. The summed E-state index contributed by atoms with van der Waals surface area (Å²) in [5.41, 5.74) is -0.203. The van der Waals surface area contributed by atoms with Gasteiger partial charge >= 0.3 is 5.69 Å². The molecule has 0 fully saturated rings. The second-order valence-corrected chi connectivity index (χ2v) is 6.84. The molecule has 2 aromatic carbocycles. The first-order valence-electron chi connectivity index (χ1n) is 7.81. The molecule has 0 aliphatic heterocycles. The minimum Gasteiger partial charge on any atom is -0.490 e. The number of methoxy groups -OCH3 is 1. The Bertz CT molecular complexity index is 1010. The van der Waals surface area contributed by atoms with Crippen molar-refractivity contribution in [3.8, 4) is 11.5 Å². The zero-order valence-corrected chi connectivity index (χ0v) is 16.0. The molecule has 144 valence electrons. The molecular formula is C17H13ClN4O5S. The summed E-state index contributed by atoms with van der Waals surface area (Å²) in [6.07, 6.45) is 0. The molecule has 9 nitrogen and oxygen atoms in total. The summed E-state index contributed by atoms with van der Waals surface area (Å²) in [6.45, 7) is 0.170. The molecule has 28 heavy (non-hydrogen) atoms. The Hall–Kier alpha value is -3.24. The zero-order valence-electron chi connectivity index (χ0n) is 14.4. The van der Waals surface area contributed by atoms with Crippen molar-refractivity contribution in [2.45, 2.75) is 6.61 Å². The van der Waals surface area contributed by atoms with Crippen molar-refractivity contribution in [1.82, 2.24) is 10.2 Å². The number of nitrogens with zero attached hydrogens (tertiary/aromatic N) is 3. The van der Waals surface area contributed by atoms with Crippen molar-refractivity contribution in [3.05, 3.63) is 68.2 Å². The molecule has 0 saturated carbocycles. The van der Waals surface area contributed by atoms with E-state index in [0.29, 0.717) is 15.8 Å². The number of aromatic nitrogens is 2. The van der Waals surface area contributed by atoms with E-state index in [0.717, 1.165) is 17.4 Å². The van der Waals surface area contributed by atoms with Crippen LogP contribution < -0.4 is 14.8 Å². The highest BCUT2D eigenvalue weighted by Crippen LogP contribution is 2.28.